The second-order valence-electron chi connectivity index (χ2n) is 5.84. The number of carbonyl (C=O) groups is 1. The first kappa shape index (κ1) is 14.0. The van der Waals surface area contributed by atoms with Gasteiger partial charge < -0.3 is 10.4 Å². The van der Waals surface area contributed by atoms with Crippen molar-refractivity contribution in [2.45, 2.75) is 26.4 Å². The molecule has 0 radical (unpaired) electrons. The second kappa shape index (κ2) is 5.67. The fourth-order valence-corrected chi connectivity index (χ4v) is 2.41. The Labute approximate surface area is 113 Å². The van der Waals surface area contributed by atoms with Crippen LogP contribution in [-0.4, -0.2) is 46.6 Å². The monoisotopic (exact) mass is 263 g/mol. The summed E-state index contributed by atoms with van der Waals surface area (Å²) >= 11 is 0. The Morgan fingerprint density at radius 2 is 2.16 bits per heavy atom. The highest BCUT2D eigenvalue weighted by Gasteiger charge is 2.34. The van der Waals surface area contributed by atoms with E-state index in [0.717, 1.165) is 12.1 Å². The first-order valence-corrected chi connectivity index (χ1v) is 6.53. The predicted octanol–water partition coefficient (Wildman–Crippen LogP) is 0.400. The SMILES string of the molecule is CC1(C)CNC(=O)C(CO)N(Cc2ccncc2)C1. The number of aliphatic hydroxyl groups excluding tert-OH is 1. The van der Waals surface area contributed by atoms with Crippen LogP contribution < -0.4 is 5.32 Å². The molecule has 1 unspecified atom stereocenters. The molecule has 19 heavy (non-hydrogen) atoms. The smallest absolute Gasteiger partial charge is 0.239 e. The van der Waals surface area contributed by atoms with Crippen molar-refractivity contribution in [3.8, 4) is 0 Å². The van der Waals surface area contributed by atoms with E-state index in [9.17, 15) is 9.90 Å². The molecule has 2 heterocycles. The van der Waals surface area contributed by atoms with Gasteiger partial charge in [0.25, 0.3) is 0 Å². The van der Waals surface area contributed by atoms with Crippen molar-refractivity contribution in [3.63, 3.8) is 0 Å². The topological polar surface area (TPSA) is 65.5 Å². The van der Waals surface area contributed by atoms with Crippen LogP contribution in [0.1, 0.15) is 19.4 Å². The van der Waals surface area contributed by atoms with Gasteiger partial charge in [0, 0.05) is 32.0 Å². The van der Waals surface area contributed by atoms with Gasteiger partial charge in [0.15, 0.2) is 0 Å². The first-order chi connectivity index (χ1) is 9.02. The molecule has 0 aliphatic carbocycles. The van der Waals surface area contributed by atoms with Gasteiger partial charge >= 0.3 is 0 Å². The average Bonchev–Trinajstić information content (AvgIpc) is 2.48. The number of aliphatic hydroxyl groups is 1. The van der Waals surface area contributed by atoms with E-state index in [4.69, 9.17) is 0 Å². The minimum absolute atomic E-state index is 0.00733. The third-order valence-electron chi connectivity index (χ3n) is 3.42. The van der Waals surface area contributed by atoms with Gasteiger partial charge in [-0.3, -0.25) is 14.7 Å². The van der Waals surface area contributed by atoms with Crippen LogP contribution in [0.3, 0.4) is 0 Å². The molecule has 2 N–H and O–H groups in total. The maximum atomic E-state index is 12.0. The molecular weight excluding hydrogens is 242 g/mol. The van der Waals surface area contributed by atoms with E-state index in [1.165, 1.54) is 0 Å². The van der Waals surface area contributed by atoms with E-state index >= 15 is 0 Å². The normalized spacial score (nSPS) is 23.7. The third kappa shape index (κ3) is 3.52. The summed E-state index contributed by atoms with van der Waals surface area (Å²) in [5.74, 6) is -0.0952. The van der Waals surface area contributed by atoms with Gasteiger partial charge in [-0.15, -0.1) is 0 Å². The highest BCUT2D eigenvalue weighted by molar-refractivity contribution is 5.82. The molecule has 1 amide bonds. The molecule has 1 saturated heterocycles. The van der Waals surface area contributed by atoms with Crippen molar-refractivity contribution in [1.29, 1.82) is 0 Å². The molecule has 0 saturated carbocycles. The maximum Gasteiger partial charge on any atom is 0.239 e. The number of nitrogens with one attached hydrogen (secondary N) is 1. The quantitative estimate of drug-likeness (QED) is 0.828. The summed E-state index contributed by atoms with van der Waals surface area (Å²) in [6, 6.07) is 3.39. The minimum atomic E-state index is -0.477. The first-order valence-electron chi connectivity index (χ1n) is 6.53. The Morgan fingerprint density at radius 1 is 1.47 bits per heavy atom. The molecule has 1 aromatic rings. The molecule has 5 heteroatoms. The van der Waals surface area contributed by atoms with Gasteiger partial charge in [-0.2, -0.15) is 0 Å². The highest BCUT2D eigenvalue weighted by atomic mass is 16.3. The number of hydrogen-bond donors (Lipinski definition) is 2. The molecule has 0 aromatic carbocycles. The van der Waals surface area contributed by atoms with Gasteiger partial charge in [0.2, 0.25) is 5.91 Å². The number of hydrogen-bond acceptors (Lipinski definition) is 4. The predicted molar refractivity (Wildman–Crippen MR) is 72.3 cm³/mol. The van der Waals surface area contributed by atoms with Gasteiger partial charge in [-0.05, 0) is 23.1 Å². The summed E-state index contributed by atoms with van der Waals surface area (Å²) in [7, 11) is 0. The fraction of sp³-hybridized carbons (Fsp3) is 0.571. The van der Waals surface area contributed by atoms with Crippen molar-refractivity contribution >= 4 is 5.91 Å². The van der Waals surface area contributed by atoms with Crippen molar-refractivity contribution in [2.24, 2.45) is 5.41 Å². The Morgan fingerprint density at radius 3 is 2.79 bits per heavy atom. The van der Waals surface area contributed by atoms with E-state index in [0.29, 0.717) is 13.1 Å². The standard InChI is InChI=1S/C14H21N3O2/c1-14(2)9-16-13(19)12(8-18)17(10-14)7-11-3-5-15-6-4-11/h3-6,12,18H,7-10H2,1-2H3,(H,16,19). The van der Waals surface area contributed by atoms with E-state index in [2.05, 4.69) is 24.1 Å². The molecule has 104 valence electrons. The summed E-state index contributed by atoms with van der Waals surface area (Å²) in [6.45, 7) is 6.12. The molecule has 5 nitrogen and oxygen atoms in total. The van der Waals surface area contributed by atoms with Crippen LogP contribution >= 0.6 is 0 Å². The Balaban J connectivity index is 2.19. The van der Waals surface area contributed by atoms with Crippen LogP contribution in [-0.2, 0) is 11.3 Å². The van der Waals surface area contributed by atoms with Crippen molar-refractivity contribution < 1.29 is 9.90 Å². The summed E-state index contributed by atoms with van der Waals surface area (Å²) in [4.78, 5) is 18.0. The number of nitrogens with zero attached hydrogens (tertiary/aromatic N) is 2. The molecule has 0 spiro atoms. The Bertz CT molecular complexity index is 434. The molecule has 2 rings (SSSR count). The summed E-state index contributed by atoms with van der Waals surface area (Å²) in [6.07, 6.45) is 3.48. The zero-order valence-corrected chi connectivity index (χ0v) is 11.5. The van der Waals surface area contributed by atoms with Crippen LogP contribution in [0, 0.1) is 5.41 Å². The number of carbonyl (C=O) groups excluding carboxylic acids is 1. The van der Waals surface area contributed by atoms with Crippen molar-refractivity contribution in [2.75, 3.05) is 19.7 Å². The third-order valence-corrected chi connectivity index (χ3v) is 3.42. The number of pyridine rings is 1. The Hall–Kier alpha value is -1.46. The zero-order valence-electron chi connectivity index (χ0n) is 11.5. The van der Waals surface area contributed by atoms with Crippen molar-refractivity contribution in [1.82, 2.24) is 15.2 Å². The number of rotatable bonds is 3. The van der Waals surface area contributed by atoms with E-state index < -0.39 is 6.04 Å². The van der Waals surface area contributed by atoms with Gasteiger partial charge in [0.1, 0.15) is 6.04 Å². The van der Waals surface area contributed by atoms with Gasteiger partial charge in [0.05, 0.1) is 6.61 Å². The minimum Gasteiger partial charge on any atom is -0.394 e. The highest BCUT2D eigenvalue weighted by Crippen LogP contribution is 2.22. The lowest BCUT2D eigenvalue weighted by Crippen LogP contribution is -2.46. The van der Waals surface area contributed by atoms with Crippen LogP contribution in [0.15, 0.2) is 24.5 Å². The molecule has 1 aliphatic rings. The lowest BCUT2D eigenvalue weighted by Gasteiger charge is -2.31. The second-order valence-corrected chi connectivity index (χ2v) is 5.84. The van der Waals surface area contributed by atoms with Crippen molar-refractivity contribution in [3.05, 3.63) is 30.1 Å². The van der Waals surface area contributed by atoms with E-state index in [1.807, 2.05) is 17.0 Å². The van der Waals surface area contributed by atoms with Crippen LogP contribution in [0.25, 0.3) is 0 Å². The lowest BCUT2D eigenvalue weighted by atomic mass is 9.93. The Kier molecular flexibility index (Phi) is 4.17. The van der Waals surface area contributed by atoms with Gasteiger partial charge in [-0.1, -0.05) is 13.8 Å². The molecule has 0 bridgehead atoms. The zero-order chi connectivity index (χ0) is 13.9. The average molecular weight is 263 g/mol. The van der Waals surface area contributed by atoms with Crippen LogP contribution in [0.4, 0.5) is 0 Å². The fourth-order valence-electron chi connectivity index (χ4n) is 2.41. The largest absolute Gasteiger partial charge is 0.394 e. The van der Waals surface area contributed by atoms with Gasteiger partial charge in [-0.25, -0.2) is 0 Å². The molecule has 1 fully saturated rings. The molecule has 1 aromatic heterocycles. The van der Waals surface area contributed by atoms with Crippen LogP contribution in [0.5, 0.6) is 0 Å². The van der Waals surface area contributed by atoms with E-state index in [1.54, 1.807) is 12.4 Å². The maximum absolute atomic E-state index is 12.0. The molecule has 1 atom stereocenters. The summed E-state index contributed by atoms with van der Waals surface area (Å²) < 4.78 is 0. The van der Waals surface area contributed by atoms with Crippen LogP contribution in [0.2, 0.25) is 0 Å². The number of aromatic nitrogens is 1. The lowest BCUT2D eigenvalue weighted by molar-refractivity contribution is -0.127. The summed E-state index contributed by atoms with van der Waals surface area (Å²) in [5, 5.41) is 12.4. The molecule has 1 aliphatic heterocycles. The van der Waals surface area contributed by atoms with E-state index in [-0.39, 0.29) is 17.9 Å². The summed E-state index contributed by atoms with van der Waals surface area (Å²) in [5.41, 5.74) is 1.09. The number of amides is 1. The molecular formula is C14H21N3O2.